The van der Waals surface area contributed by atoms with Crippen molar-refractivity contribution in [3.05, 3.63) is 53.1 Å². The molecule has 0 fully saturated rings. The van der Waals surface area contributed by atoms with Crippen LogP contribution in [-0.2, 0) is 20.0 Å². The van der Waals surface area contributed by atoms with Crippen molar-refractivity contribution in [1.82, 2.24) is 15.1 Å². The predicted molar refractivity (Wildman–Crippen MR) is 67.5 cm³/mol. The van der Waals surface area contributed by atoms with Gasteiger partial charge in [0.15, 0.2) is 0 Å². The van der Waals surface area contributed by atoms with Crippen molar-refractivity contribution >= 4 is 0 Å². The second-order valence-corrected chi connectivity index (χ2v) is 4.80. The molecule has 4 heteroatoms. The van der Waals surface area contributed by atoms with Crippen molar-refractivity contribution in [3.63, 3.8) is 0 Å². The van der Waals surface area contributed by atoms with E-state index < -0.39 is 0 Å². The van der Waals surface area contributed by atoms with Crippen LogP contribution in [0.25, 0.3) is 0 Å². The number of aryl methyl sites for hydroxylation is 2. The lowest BCUT2D eigenvalue weighted by Gasteiger charge is -2.12. The number of nitrogens with one attached hydrogen (secondary N) is 1. The Morgan fingerprint density at radius 1 is 1.44 bits per heavy atom. The van der Waals surface area contributed by atoms with Crippen LogP contribution in [0.1, 0.15) is 29.3 Å². The lowest BCUT2D eigenvalue weighted by Crippen LogP contribution is -2.19. The number of halogens is 1. The van der Waals surface area contributed by atoms with E-state index in [1.54, 1.807) is 16.8 Å². The third-order valence-electron chi connectivity index (χ3n) is 3.48. The highest BCUT2D eigenvalue weighted by atomic mass is 19.1. The number of hydrogen-bond donors (Lipinski definition) is 1. The summed E-state index contributed by atoms with van der Waals surface area (Å²) in [5, 5.41) is 7.82. The van der Waals surface area contributed by atoms with Crippen LogP contribution in [0.4, 0.5) is 4.39 Å². The van der Waals surface area contributed by atoms with Gasteiger partial charge in [-0.3, -0.25) is 4.68 Å². The first-order chi connectivity index (χ1) is 8.72. The summed E-state index contributed by atoms with van der Waals surface area (Å²) in [6, 6.07) is 7.42. The minimum Gasteiger partial charge on any atom is -0.304 e. The molecule has 0 radical (unpaired) electrons. The minimum atomic E-state index is -0.140. The van der Waals surface area contributed by atoms with Gasteiger partial charge in [0.05, 0.1) is 5.69 Å². The molecule has 0 amide bonds. The molecule has 1 aromatic heterocycles. The Bertz CT molecular complexity index is 562. The molecule has 1 unspecified atom stereocenters. The molecule has 1 N–H and O–H groups in total. The number of benzene rings is 1. The zero-order valence-electron chi connectivity index (χ0n) is 10.4. The van der Waals surface area contributed by atoms with Crippen LogP contribution in [0.2, 0.25) is 0 Å². The Balaban J connectivity index is 1.69. The Labute approximate surface area is 106 Å². The summed E-state index contributed by atoms with van der Waals surface area (Å²) in [6.45, 7) is 0.752. The second kappa shape index (κ2) is 4.53. The third kappa shape index (κ3) is 2.16. The molecule has 2 aromatic rings. The molecular weight excluding hydrogens is 229 g/mol. The number of rotatable bonds is 3. The molecule has 3 rings (SSSR count). The van der Waals surface area contributed by atoms with Crippen molar-refractivity contribution in [2.45, 2.75) is 25.4 Å². The highest BCUT2D eigenvalue weighted by molar-refractivity contribution is 5.35. The van der Waals surface area contributed by atoms with E-state index in [1.165, 1.54) is 5.56 Å². The molecule has 1 aliphatic carbocycles. The normalized spacial score (nSPS) is 18.0. The SMILES string of the molecule is Cn1ccc(CNC2CCc3cc(F)ccc32)n1. The van der Waals surface area contributed by atoms with E-state index in [-0.39, 0.29) is 5.82 Å². The fourth-order valence-corrected chi connectivity index (χ4v) is 2.58. The van der Waals surface area contributed by atoms with Gasteiger partial charge in [-0.1, -0.05) is 6.07 Å². The maximum absolute atomic E-state index is 13.1. The molecule has 1 aromatic carbocycles. The van der Waals surface area contributed by atoms with Crippen LogP contribution in [0, 0.1) is 5.82 Å². The standard InChI is InChI=1S/C14H16FN3/c1-18-7-6-12(17-18)9-16-14-5-2-10-8-11(15)3-4-13(10)14/h3-4,6-8,14,16H,2,5,9H2,1H3. The van der Waals surface area contributed by atoms with Crippen LogP contribution < -0.4 is 5.32 Å². The van der Waals surface area contributed by atoms with Crippen molar-refractivity contribution in [3.8, 4) is 0 Å². The fraction of sp³-hybridized carbons (Fsp3) is 0.357. The molecule has 1 aliphatic rings. The van der Waals surface area contributed by atoms with E-state index in [0.29, 0.717) is 6.04 Å². The quantitative estimate of drug-likeness (QED) is 0.899. The van der Waals surface area contributed by atoms with Gasteiger partial charge in [-0.05, 0) is 42.2 Å². The largest absolute Gasteiger partial charge is 0.304 e. The summed E-state index contributed by atoms with van der Waals surface area (Å²) in [5.74, 6) is -0.140. The molecule has 0 spiro atoms. The van der Waals surface area contributed by atoms with Crippen molar-refractivity contribution in [1.29, 1.82) is 0 Å². The third-order valence-corrected chi connectivity index (χ3v) is 3.48. The minimum absolute atomic E-state index is 0.140. The first-order valence-electron chi connectivity index (χ1n) is 6.22. The monoisotopic (exact) mass is 245 g/mol. The molecule has 94 valence electrons. The van der Waals surface area contributed by atoms with Gasteiger partial charge in [0.1, 0.15) is 5.82 Å². The van der Waals surface area contributed by atoms with Crippen molar-refractivity contribution in [2.75, 3.05) is 0 Å². The fourth-order valence-electron chi connectivity index (χ4n) is 2.58. The van der Waals surface area contributed by atoms with E-state index >= 15 is 0 Å². The first kappa shape index (κ1) is 11.4. The predicted octanol–water partition coefficient (Wildman–Crippen LogP) is 2.34. The number of hydrogen-bond acceptors (Lipinski definition) is 2. The summed E-state index contributed by atoms with van der Waals surface area (Å²) >= 11 is 0. The summed E-state index contributed by atoms with van der Waals surface area (Å²) in [5.41, 5.74) is 3.40. The molecular formula is C14H16FN3. The molecule has 0 aliphatic heterocycles. The van der Waals surface area contributed by atoms with Gasteiger partial charge >= 0.3 is 0 Å². The van der Waals surface area contributed by atoms with E-state index in [0.717, 1.165) is 30.6 Å². The van der Waals surface area contributed by atoms with Gasteiger partial charge in [-0.25, -0.2) is 4.39 Å². The van der Waals surface area contributed by atoms with Crippen LogP contribution in [0.15, 0.2) is 30.5 Å². The lowest BCUT2D eigenvalue weighted by atomic mass is 10.1. The van der Waals surface area contributed by atoms with Gasteiger partial charge in [0.2, 0.25) is 0 Å². The Morgan fingerprint density at radius 2 is 2.33 bits per heavy atom. The molecule has 0 saturated heterocycles. The topological polar surface area (TPSA) is 29.9 Å². The van der Waals surface area contributed by atoms with Crippen molar-refractivity contribution in [2.24, 2.45) is 7.05 Å². The average molecular weight is 245 g/mol. The molecule has 1 heterocycles. The summed E-state index contributed by atoms with van der Waals surface area (Å²) in [6.07, 6.45) is 3.92. The summed E-state index contributed by atoms with van der Waals surface area (Å²) in [7, 11) is 1.91. The molecule has 1 atom stereocenters. The molecule has 18 heavy (non-hydrogen) atoms. The highest BCUT2D eigenvalue weighted by Gasteiger charge is 2.22. The van der Waals surface area contributed by atoms with E-state index in [1.807, 2.05) is 25.4 Å². The van der Waals surface area contributed by atoms with E-state index in [2.05, 4.69) is 10.4 Å². The Hall–Kier alpha value is -1.68. The average Bonchev–Trinajstić information content (AvgIpc) is 2.92. The zero-order chi connectivity index (χ0) is 12.5. The number of nitrogens with zero attached hydrogens (tertiary/aromatic N) is 2. The van der Waals surface area contributed by atoms with Crippen LogP contribution >= 0.6 is 0 Å². The Kier molecular flexibility index (Phi) is 2.88. The first-order valence-corrected chi connectivity index (χ1v) is 6.22. The molecule has 0 saturated carbocycles. The van der Waals surface area contributed by atoms with Gasteiger partial charge in [-0.2, -0.15) is 5.10 Å². The number of aromatic nitrogens is 2. The van der Waals surface area contributed by atoms with Gasteiger partial charge < -0.3 is 5.32 Å². The van der Waals surface area contributed by atoms with E-state index in [9.17, 15) is 4.39 Å². The second-order valence-electron chi connectivity index (χ2n) is 4.80. The van der Waals surface area contributed by atoms with Crippen LogP contribution in [0.3, 0.4) is 0 Å². The van der Waals surface area contributed by atoms with Crippen LogP contribution in [-0.4, -0.2) is 9.78 Å². The van der Waals surface area contributed by atoms with Gasteiger partial charge in [0.25, 0.3) is 0 Å². The van der Waals surface area contributed by atoms with Crippen molar-refractivity contribution < 1.29 is 4.39 Å². The summed E-state index contributed by atoms with van der Waals surface area (Å²) in [4.78, 5) is 0. The van der Waals surface area contributed by atoms with Crippen LogP contribution in [0.5, 0.6) is 0 Å². The smallest absolute Gasteiger partial charge is 0.123 e. The maximum Gasteiger partial charge on any atom is 0.123 e. The van der Waals surface area contributed by atoms with Gasteiger partial charge in [-0.15, -0.1) is 0 Å². The van der Waals surface area contributed by atoms with Gasteiger partial charge in [0, 0.05) is 25.8 Å². The zero-order valence-corrected chi connectivity index (χ0v) is 10.4. The van der Waals surface area contributed by atoms with E-state index in [4.69, 9.17) is 0 Å². The highest BCUT2D eigenvalue weighted by Crippen LogP contribution is 2.31. The molecule has 0 bridgehead atoms. The maximum atomic E-state index is 13.1. The summed E-state index contributed by atoms with van der Waals surface area (Å²) < 4.78 is 14.9. The number of fused-ring (bicyclic) bond motifs is 1. The molecule has 3 nitrogen and oxygen atoms in total. The Morgan fingerprint density at radius 3 is 3.11 bits per heavy atom. The lowest BCUT2D eigenvalue weighted by molar-refractivity contribution is 0.521.